The molecule has 2 aromatic rings. The second kappa shape index (κ2) is 8.97. The molecule has 0 atom stereocenters. The van der Waals surface area contributed by atoms with Crippen molar-refractivity contribution in [2.75, 3.05) is 18.5 Å². The fourth-order valence-electron chi connectivity index (χ4n) is 2.28. The van der Waals surface area contributed by atoms with Crippen LogP contribution in [0.5, 0.6) is 11.5 Å². The zero-order valence-corrected chi connectivity index (χ0v) is 16.0. The highest BCUT2D eigenvalue weighted by molar-refractivity contribution is 6.34. The van der Waals surface area contributed by atoms with E-state index in [2.05, 4.69) is 5.32 Å². The van der Waals surface area contributed by atoms with Gasteiger partial charge in [-0.2, -0.15) is 0 Å². The first kappa shape index (κ1) is 19.4. The SMILES string of the molecule is CCCOc1c(Cl)cc(C(=O)Nc2c(C)cccc2Cl)cc1OCC. The number of carbonyl (C=O) groups is 1. The molecule has 0 aromatic heterocycles. The molecule has 0 saturated heterocycles. The molecule has 0 bridgehead atoms. The van der Waals surface area contributed by atoms with Gasteiger partial charge in [-0.3, -0.25) is 4.79 Å². The van der Waals surface area contributed by atoms with Gasteiger partial charge in [0.05, 0.1) is 28.9 Å². The van der Waals surface area contributed by atoms with Gasteiger partial charge in [-0.15, -0.1) is 0 Å². The third-order valence-corrected chi connectivity index (χ3v) is 4.08. The first-order valence-corrected chi connectivity index (χ1v) is 8.89. The fourth-order valence-corrected chi connectivity index (χ4v) is 2.82. The number of aryl methyl sites for hydroxylation is 1. The molecule has 0 aliphatic rings. The Bertz CT molecular complexity index is 742. The van der Waals surface area contributed by atoms with Crippen LogP contribution < -0.4 is 14.8 Å². The molecule has 0 aliphatic carbocycles. The first-order chi connectivity index (χ1) is 12.0. The number of nitrogens with one attached hydrogen (secondary N) is 1. The summed E-state index contributed by atoms with van der Waals surface area (Å²) in [6, 6.07) is 8.63. The van der Waals surface area contributed by atoms with Gasteiger partial charge in [0.1, 0.15) is 0 Å². The molecule has 0 heterocycles. The summed E-state index contributed by atoms with van der Waals surface area (Å²) in [5.74, 6) is 0.585. The quantitative estimate of drug-likeness (QED) is 0.664. The van der Waals surface area contributed by atoms with Crippen LogP contribution in [0.15, 0.2) is 30.3 Å². The molecule has 0 spiro atoms. The number of anilines is 1. The number of ether oxygens (including phenoxy) is 2. The number of hydrogen-bond acceptors (Lipinski definition) is 3. The van der Waals surface area contributed by atoms with E-state index in [-0.39, 0.29) is 5.91 Å². The van der Waals surface area contributed by atoms with Crippen molar-refractivity contribution in [3.05, 3.63) is 51.5 Å². The van der Waals surface area contributed by atoms with Crippen LogP contribution in [0.25, 0.3) is 0 Å². The van der Waals surface area contributed by atoms with E-state index < -0.39 is 0 Å². The van der Waals surface area contributed by atoms with E-state index >= 15 is 0 Å². The lowest BCUT2D eigenvalue weighted by Crippen LogP contribution is -2.14. The van der Waals surface area contributed by atoms with Crippen LogP contribution in [0.3, 0.4) is 0 Å². The second-order valence-electron chi connectivity index (χ2n) is 5.45. The van der Waals surface area contributed by atoms with E-state index in [1.807, 2.05) is 32.9 Å². The van der Waals surface area contributed by atoms with Crippen molar-refractivity contribution in [1.82, 2.24) is 0 Å². The summed E-state index contributed by atoms with van der Waals surface area (Å²) in [5, 5.41) is 3.64. The number of rotatable bonds is 7. The van der Waals surface area contributed by atoms with Gasteiger partial charge in [-0.25, -0.2) is 0 Å². The van der Waals surface area contributed by atoms with E-state index in [0.29, 0.717) is 46.0 Å². The van der Waals surface area contributed by atoms with Crippen LogP contribution in [-0.4, -0.2) is 19.1 Å². The van der Waals surface area contributed by atoms with Crippen molar-refractivity contribution >= 4 is 34.8 Å². The van der Waals surface area contributed by atoms with Gasteiger partial charge in [-0.05, 0) is 44.0 Å². The summed E-state index contributed by atoms with van der Waals surface area (Å²) < 4.78 is 11.2. The van der Waals surface area contributed by atoms with E-state index in [4.69, 9.17) is 32.7 Å². The molecule has 1 N–H and O–H groups in total. The van der Waals surface area contributed by atoms with Crippen LogP contribution in [0.4, 0.5) is 5.69 Å². The van der Waals surface area contributed by atoms with Gasteiger partial charge in [0, 0.05) is 5.56 Å². The minimum Gasteiger partial charge on any atom is -0.490 e. The molecule has 6 heteroatoms. The summed E-state index contributed by atoms with van der Waals surface area (Å²) in [6.45, 7) is 6.69. The monoisotopic (exact) mass is 381 g/mol. The number of benzene rings is 2. The van der Waals surface area contributed by atoms with E-state index in [9.17, 15) is 4.79 Å². The topological polar surface area (TPSA) is 47.6 Å². The molecule has 0 aliphatic heterocycles. The maximum absolute atomic E-state index is 12.6. The molecule has 0 saturated carbocycles. The number of carbonyl (C=O) groups excluding carboxylic acids is 1. The maximum Gasteiger partial charge on any atom is 0.255 e. The van der Waals surface area contributed by atoms with Crippen LogP contribution in [0, 0.1) is 6.92 Å². The third-order valence-electron chi connectivity index (χ3n) is 3.48. The van der Waals surface area contributed by atoms with E-state index in [0.717, 1.165) is 12.0 Å². The summed E-state index contributed by atoms with van der Waals surface area (Å²) in [7, 11) is 0. The highest BCUT2D eigenvalue weighted by Gasteiger charge is 2.17. The summed E-state index contributed by atoms with van der Waals surface area (Å²) >= 11 is 12.5. The van der Waals surface area contributed by atoms with Crippen LogP contribution in [0.1, 0.15) is 36.2 Å². The Morgan fingerprint density at radius 3 is 2.52 bits per heavy atom. The lowest BCUT2D eigenvalue weighted by molar-refractivity contribution is 0.102. The molecule has 0 radical (unpaired) electrons. The Kier molecular flexibility index (Phi) is 6.97. The Morgan fingerprint density at radius 1 is 1.12 bits per heavy atom. The van der Waals surface area contributed by atoms with E-state index in [1.54, 1.807) is 18.2 Å². The molecule has 1 amide bonds. The van der Waals surface area contributed by atoms with Crippen molar-refractivity contribution in [1.29, 1.82) is 0 Å². The Hall–Kier alpha value is -1.91. The van der Waals surface area contributed by atoms with E-state index in [1.165, 1.54) is 0 Å². The lowest BCUT2D eigenvalue weighted by Gasteiger charge is -2.15. The van der Waals surface area contributed by atoms with Crippen molar-refractivity contribution in [3.8, 4) is 11.5 Å². The van der Waals surface area contributed by atoms with Crippen molar-refractivity contribution in [3.63, 3.8) is 0 Å². The number of halogens is 2. The summed E-state index contributed by atoms with van der Waals surface area (Å²) in [4.78, 5) is 12.6. The standard InChI is InChI=1S/C19H21Cl2NO3/c1-4-9-25-18-15(21)10-13(11-16(18)24-5-2)19(23)22-17-12(3)7-6-8-14(17)20/h6-8,10-11H,4-5,9H2,1-3H3,(H,22,23). The summed E-state index contributed by atoms with van der Waals surface area (Å²) in [6.07, 6.45) is 0.843. The highest BCUT2D eigenvalue weighted by Crippen LogP contribution is 2.37. The fraction of sp³-hybridized carbons (Fsp3) is 0.316. The zero-order valence-electron chi connectivity index (χ0n) is 14.5. The average Bonchev–Trinajstić information content (AvgIpc) is 2.57. The highest BCUT2D eigenvalue weighted by atomic mass is 35.5. The lowest BCUT2D eigenvalue weighted by atomic mass is 10.1. The first-order valence-electron chi connectivity index (χ1n) is 8.13. The van der Waals surface area contributed by atoms with Gasteiger partial charge in [-0.1, -0.05) is 42.3 Å². The molecular formula is C19H21Cl2NO3. The van der Waals surface area contributed by atoms with Gasteiger partial charge in [0.25, 0.3) is 5.91 Å². The molecule has 0 unspecified atom stereocenters. The molecule has 25 heavy (non-hydrogen) atoms. The van der Waals surface area contributed by atoms with Gasteiger partial charge in [0.15, 0.2) is 11.5 Å². The Balaban J connectivity index is 2.33. The number of hydrogen-bond donors (Lipinski definition) is 1. The smallest absolute Gasteiger partial charge is 0.255 e. The normalized spacial score (nSPS) is 10.4. The number of amides is 1. The molecule has 0 fully saturated rings. The minimum atomic E-state index is -0.318. The second-order valence-corrected chi connectivity index (χ2v) is 6.27. The van der Waals surface area contributed by atoms with Crippen molar-refractivity contribution in [2.24, 2.45) is 0 Å². The zero-order chi connectivity index (χ0) is 18.4. The number of para-hydroxylation sites is 1. The van der Waals surface area contributed by atoms with Gasteiger partial charge < -0.3 is 14.8 Å². The predicted octanol–water partition coefficient (Wildman–Crippen LogP) is 5.74. The molecule has 4 nitrogen and oxygen atoms in total. The largest absolute Gasteiger partial charge is 0.490 e. The predicted molar refractivity (Wildman–Crippen MR) is 103 cm³/mol. The van der Waals surface area contributed by atoms with Crippen LogP contribution >= 0.6 is 23.2 Å². The minimum absolute atomic E-state index is 0.318. The molecule has 134 valence electrons. The molecule has 2 rings (SSSR count). The van der Waals surface area contributed by atoms with Gasteiger partial charge >= 0.3 is 0 Å². The molecule has 2 aromatic carbocycles. The third kappa shape index (κ3) is 4.80. The van der Waals surface area contributed by atoms with Crippen LogP contribution in [-0.2, 0) is 0 Å². The average molecular weight is 382 g/mol. The van der Waals surface area contributed by atoms with Gasteiger partial charge in [0.2, 0.25) is 0 Å². The van der Waals surface area contributed by atoms with Crippen molar-refractivity contribution in [2.45, 2.75) is 27.2 Å². The summed E-state index contributed by atoms with van der Waals surface area (Å²) in [5.41, 5.74) is 1.83. The van der Waals surface area contributed by atoms with Crippen molar-refractivity contribution < 1.29 is 14.3 Å². The molecular weight excluding hydrogens is 361 g/mol. The Morgan fingerprint density at radius 2 is 1.88 bits per heavy atom. The Labute approximate surface area is 158 Å². The van der Waals surface area contributed by atoms with Crippen LogP contribution in [0.2, 0.25) is 10.0 Å². The maximum atomic E-state index is 12.6.